The lowest BCUT2D eigenvalue weighted by atomic mass is 9.79. The molecular weight excluding hydrogens is 875 g/mol. The van der Waals surface area contributed by atoms with Gasteiger partial charge in [-0.25, -0.2) is 4.98 Å². The van der Waals surface area contributed by atoms with Crippen molar-refractivity contribution < 1.29 is 7.85 Å². The lowest BCUT2D eigenvalue weighted by Crippen LogP contribution is -2.17. The average molecular weight is 946 g/mol. The maximum atomic E-state index is 12.7. The van der Waals surface area contributed by atoms with Gasteiger partial charge in [-0.1, -0.05) is 202 Å². The van der Waals surface area contributed by atoms with Gasteiger partial charge in [0.05, 0.1) is 28.0 Å². The van der Waals surface area contributed by atoms with E-state index in [0.717, 1.165) is 121 Å². The van der Waals surface area contributed by atoms with Gasteiger partial charge in [0.1, 0.15) is 11.6 Å². The molecule has 0 aliphatic heterocycles. The first kappa shape index (κ1) is 44.9. The second-order valence-corrected chi connectivity index (χ2v) is 22.7. The Kier molecular flexibility index (Phi) is 12.2. The quantitative estimate of drug-likeness (QED) is 0.141. The van der Waals surface area contributed by atoms with Gasteiger partial charge in [-0.3, -0.25) is 9.55 Å². The Morgan fingerprint density at radius 3 is 1.86 bits per heavy atom. The maximum Gasteiger partial charge on any atom is 0.149 e. The zero-order chi connectivity index (χ0) is 51.4. The highest BCUT2D eigenvalue weighted by atomic mass is 16.3. The van der Waals surface area contributed by atoms with E-state index in [-0.39, 0.29) is 22.5 Å². The standard InChI is InChI=1S/C68H69N3O/c1-67(2,3)56-43-59(65(72)60(44-56)68(4,5)6)66-70-64-57(26-17-27-63(64)71(66)62-33-30-48(37-46-20-15-16-21-46)38-58(62)51-24-11-8-12-25-51)54-39-53(49-22-9-7-10-23-49)40-55(41-54)61-42-52(34-35-69-61)50-31-28-47(29-32-50)36-45-18-13-14-19-45/h7-12,17,22-35,38-46,72H,13-16,18-21,36-37H2,1-6H3/i36D2. The second kappa shape index (κ2) is 19.5. The summed E-state index contributed by atoms with van der Waals surface area (Å²) < 4.78 is 20.3. The number of nitrogens with zero attached hydrogens (tertiary/aromatic N) is 3. The van der Waals surface area contributed by atoms with Gasteiger partial charge in [-0.15, -0.1) is 0 Å². The minimum absolute atomic E-state index is 0.0654. The lowest BCUT2D eigenvalue weighted by Gasteiger charge is -2.27. The molecule has 0 saturated heterocycles. The summed E-state index contributed by atoms with van der Waals surface area (Å²) >= 11 is 0. The van der Waals surface area contributed by atoms with E-state index in [9.17, 15) is 5.11 Å². The van der Waals surface area contributed by atoms with Crippen LogP contribution in [0.4, 0.5) is 0 Å². The summed E-state index contributed by atoms with van der Waals surface area (Å²) in [5, 5.41) is 12.7. The summed E-state index contributed by atoms with van der Waals surface area (Å²) in [5.41, 5.74) is 17.4. The molecule has 9 aromatic rings. The predicted octanol–water partition coefficient (Wildman–Crippen LogP) is 18.2. The molecule has 4 heteroatoms. The number of rotatable bonds is 11. The van der Waals surface area contributed by atoms with Crippen molar-refractivity contribution in [3.63, 3.8) is 0 Å². The highest BCUT2D eigenvalue weighted by Crippen LogP contribution is 2.46. The Hall–Kier alpha value is -7.04. The highest BCUT2D eigenvalue weighted by molar-refractivity contribution is 5.98. The third kappa shape index (κ3) is 9.69. The second-order valence-electron chi connectivity index (χ2n) is 22.7. The third-order valence-corrected chi connectivity index (χ3v) is 15.4. The van der Waals surface area contributed by atoms with Crippen LogP contribution in [-0.2, 0) is 23.6 Å². The Bertz CT molecular complexity index is 3480. The number of aromatic hydroxyl groups is 1. The number of para-hydroxylation sites is 1. The molecule has 0 spiro atoms. The molecule has 11 rings (SSSR count). The van der Waals surface area contributed by atoms with E-state index < -0.39 is 6.37 Å². The van der Waals surface area contributed by atoms with Crippen LogP contribution in [0.1, 0.15) is 118 Å². The SMILES string of the molecule is [2H]C([2H])(c1ccc(-c2ccnc(-c3cc(-c4ccccc4)cc(-c4cccc5c4nc(-c4cc(C(C)(C)C)cc(C(C)(C)C)c4O)n5-c4ccc(CC5CCCC5)cc4-c4ccccc4)c3)c2)cc1)C1CCCC1. The van der Waals surface area contributed by atoms with E-state index in [4.69, 9.17) is 12.7 Å². The largest absolute Gasteiger partial charge is 0.507 e. The van der Waals surface area contributed by atoms with Gasteiger partial charge in [-0.2, -0.15) is 0 Å². The van der Waals surface area contributed by atoms with Crippen LogP contribution >= 0.6 is 0 Å². The van der Waals surface area contributed by atoms with Gasteiger partial charge in [0.2, 0.25) is 0 Å². The van der Waals surface area contributed by atoms with Crippen molar-refractivity contribution in [2.24, 2.45) is 11.8 Å². The van der Waals surface area contributed by atoms with Crippen molar-refractivity contribution in [3.05, 3.63) is 192 Å². The monoisotopic (exact) mass is 946 g/mol. The number of hydrogen-bond donors (Lipinski definition) is 1. The predicted molar refractivity (Wildman–Crippen MR) is 302 cm³/mol. The van der Waals surface area contributed by atoms with Gasteiger partial charge in [0, 0.05) is 31.2 Å². The molecule has 7 aromatic carbocycles. The highest BCUT2D eigenvalue weighted by Gasteiger charge is 2.30. The minimum atomic E-state index is -1.35. The number of phenols is 1. The van der Waals surface area contributed by atoms with Crippen LogP contribution in [0.5, 0.6) is 5.75 Å². The van der Waals surface area contributed by atoms with Crippen molar-refractivity contribution in [1.82, 2.24) is 14.5 Å². The summed E-state index contributed by atoms with van der Waals surface area (Å²) in [4.78, 5) is 10.8. The fraction of sp³-hybridized carbons (Fsp3) is 0.294. The van der Waals surface area contributed by atoms with Gasteiger partial charge in [0.25, 0.3) is 0 Å². The van der Waals surface area contributed by atoms with E-state index in [1.54, 1.807) is 0 Å². The molecule has 0 unspecified atom stereocenters. The summed E-state index contributed by atoms with van der Waals surface area (Å²) in [6.45, 7) is 13.2. The van der Waals surface area contributed by atoms with Crippen molar-refractivity contribution in [3.8, 4) is 78.6 Å². The van der Waals surface area contributed by atoms with E-state index in [0.29, 0.717) is 17.3 Å². The van der Waals surface area contributed by atoms with Crippen LogP contribution in [0, 0.1) is 11.8 Å². The Morgan fingerprint density at radius 1 is 0.528 bits per heavy atom. The molecule has 0 amide bonds. The van der Waals surface area contributed by atoms with Gasteiger partial charge < -0.3 is 5.11 Å². The van der Waals surface area contributed by atoms with Crippen molar-refractivity contribution in [2.45, 2.75) is 117 Å². The maximum absolute atomic E-state index is 12.7. The number of benzene rings is 7. The Labute approximate surface area is 430 Å². The normalized spacial score (nSPS) is 15.3. The number of hydrogen-bond acceptors (Lipinski definition) is 3. The molecule has 2 aliphatic rings. The Balaban J connectivity index is 1.12. The fourth-order valence-electron chi connectivity index (χ4n) is 11.4. The number of aromatic nitrogens is 3. The van der Waals surface area contributed by atoms with Crippen molar-refractivity contribution in [2.75, 3.05) is 0 Å². The van der Waals surface area contributed by atoms with Crippen LogP contribution in [0.25, 0.3) is 83.9 Å². The zero-order valence-electron chi connectivity index (χ0n) is 45.0. The molecule has 2 aliphatic carbocycles. The van der Waals surface area contributed by atoms with Crippen molar-refractivity contribution in [1.29, 1.82) is 0 Å². The van der Waals surface area contributed by atoms with Crippen LogP contribution in [-0.4, -0.2) is 19.6 Å². The fourth-order valence-corrected chi connectivity index (χ4v) is 11.4. The molecule has 0 bridgehead atoms. The van der Waals surface area contributed by atoms with Crippen LogP contribution in [0.2, 0.25) is 0 Å². The zero-order valence-corrected chi connectivity index (χ0v) is 43.0. The molecule has 1 N–H and O–H groups in total. The van der Waals surface area contributed by atoms with E-state index in [1.807, 2.05) is 24.4 Å². The Morgan fingerprint density at radius 2 is 1.17 bits per heavy atom. The lowest BCUT2D eigenvalue weighted by molar-refractivity contribution is 0.446. The molecule has 2 fully saturated rings. The molecule has 2 heterocycles. The van der Waals surface area contributed by atoms with Gasteiger partial charge >= 0.3 is 0 Å². The van der Waals surface area contributed by atoms with Crippen LogP contribution in [0.15, 0.2) is 170 Å². The molecule has 4 nitrogen and oxygen atoms in total. The number of fused-ring (bicyclic) bond motifs is 1. The summed E-state index contributed by atoms with van der Waals surface area (Å²) in [6, 6.07) is 58.2. The first-order valence-electron chi connectivity index (χ1n) is 27.5. The van der Waals surface area contributed by atoms with E-state index in [2.05, 4.69) is 192 Å². The molecule has 72 heavy (non-hydrogen) atoms. The molecule has 2 aromatic heterocycles. The number of phenolic OH excluding ortho intramolecular Hbond substituents is 1. The summed E-state index contributed by atoms with van der Waals surface area (Å²) in [6.07, 6.45) is 10.9. The van der Waals surface area contributed by atoms with Crippen molar-refractivity contribution >= 4 is 11.0 Å². The molecular formula is C68H69N3O. The van der Waals surface area contributed by atoms with Gasteiger partial charge in [-0.05, 0) is 140 Å². The van der Waals surface area contributed by atoms with Gasteiger partial charge in [0.15, 0.2) is 0 Å². The van der Waals surface area contributed by atoms with Crippen LogP contribution < -0.4 is 0 Å². The number of pyridine rings is 1. The first-order chi connectivity index (χ1) is 35.6. The third-order valence-electron chi connectivity index (χ3n) is 15.4. The molecule has 362 valence electrons. The first-order valence-corrected chi connectivity index (χ1v) is 26.5. The van der Waals surface area contributed by atoms with Crippen LogP contribution in [0.3, 0.4) is 0 Å². The topological polar surface area (TPSA) is 50.9 Å². The minimum Gasteiger partial charge on any atom is -0.507 e. The molecule has 2 saturated carbocycles. The number of imidazole rings is 1. The summed E-state index contributed by atoms with van der Waals surface area (Å²) in [7, 11) is 0. The summed E-state index contributed by atoms with van der Waals surface area (Å²) in [5.74, 6) is 1.71. The average Bonchev–Trinajstić information content (AvgIpc) is 4.23. The molecule has 0 radical (unpaired) electrons. The molecule has 0 atom stereocenters. The van der Waals surface area contributed by atoms with E-state index in [1.165, 1.54) is 31.2 Å². The van der Waals surface area contributed by atoms with E-state index >= 15 is 0 Å². The smallest absolute Gasteiger partial charge is 0.149 e.